The first kappa shape index (κ1) is 19.3. The van der Waals surface area contributed by atoms with E-state index in [9.17, 15) is 14.4 Å². The van der Waals surface area contributed by atoms with Gasteiger partial charge in [-0.2, -0.15) is 5.10 Å². The van der Waals surface area contributed by atoms with Crippen LogP contribution in [0.1, 0.15) is 35.3 Å². The van der Waals surface area contributed by atoms with Crippen LogP contribution in [-0.2, 0) is 11.3 Å². The maximum absolute atomic E-state index is 12.6. The molecule has 0 saturated heterocycles. The van der Waals surface area contributed by atoms with E-state index in [4.69, 9.17) is 5.73 Å². The Hall–Kier alpha value is -3.48. The number of nitrogens with one attached hydrogen (secondary N) is 1. The molecule has 28 heavy (non-hydrogen) atoms. The molecule has 2 aromatic carbocycles. The second-order valence-corrected chi connectivity index (χ2v) is 6.54. The summed E-state index contributed by atoms with van der Waals surface area (Å²) >= 11 is 0. The van der Waals surface area contributed by atoms with Gasteiger partial charge in [0.1, 0.15) is 6.54 Å². The molecule has 1 aromatic heterocycles. The molecule has 0 radical (unpaired) electrons. The van der Waals surface area contributed by atoms with Crippen molar-refractivity contribution < 1.29 is 9.59 Å². The summed E-state index contributed by atoms with van der Waals surface area (Å²) < 4.78 is 0.987. The molecule has 0 fully saturated rings. The van der Waals surface area contributed by atoms with Gasteiger partial charge in [-0.15, -0.1) is 0 Å². The van der Waals surface area contributed by atoms with Gasteiger partial charge in [0.15, 0.2) is 5.69 Å². The number of nitrogens with zero attached hydrogens (tertiary/aromatic N) is 2. The predicted molar refractivity (Wildman–Crippen MR) is 107 cm³/mol. The summed E-state index contributed by atoms with van der Waals surface area (Å²) in [4.78, 5) is 36.7. The first-order valence-corrected chi connectivity index (χ1v) is 9.12. The summed E-state index contributed by atoms with van der Waals surface area (Å²) in [7, 11) is 0. The topological polar surface area (TPSA) is 107 Å². The van der Waals surface area contributed by atoms with Crippen LogP contribution >= 0.6 is 0 Å². The van der Waals surface area contributed by atoms with E-state index in [1.54, 1.807) is 24.3 Å². The number of hydrogen-bond acceptors (Lipinski definition) is 4. The van der Waals surface area contributed by atoms with Gasteiger partial charge >= 0.3 is 0 Å². The second kappa shape index (κ2) is 8.47. The van der Waals surface area contributed by atoms with E-state index in [-0.39, 0.29) is 24.1 Å². The molecule has 0 spiro atoms. The molecule has 3 N–H and O–H groups in total. The third kappa shape index (κ3) is 4.09. The summed E-state index contributed by atoms with van der Waals surface area (Å²) in [6, 6.07) is 16.5. The summed E-state index contributed by atoms with van der Waals surface area (Å²) in [6.07, 6.45) is 0.865. The highest BCUT2D eigenvalue weighted by Gasteiger charge is 2.16. The van der Waals surface area contributed by atoms with Crippen LogP contribution in [0.4, 0.5) is 0 Å². The number of carbonyl (C=O) groups is 2. The van der Waals surface area contributed by atoms with Crippen LogP contribution in [0.15, 0.2) is 59.4 Å². The van der Waals surface area contributed by atoms with E-state index < -0.39 is 11.5 Å². The van der Waals surface area contributed by atoms with Crippen molar-refractivity contribution in [1.29, 1.82) is 0 Å². The van der Waals surface area contributed by atoms with Crippen molar-refractivity contribution in [1.82, 2.24) is 15.1 Å². The Morgan fingerprint density at radius 1 is 1.07 bits per heavy atom. The van der Waals surface area contributed by atoms with Crippen LogP contribution in [0.5, 0.6) is 0 Å². The molecule has 144 valence electrons. The van der Waals surface area contributed by atoms with Crippen molar-refractivity contribution in [2.75, 3.05) is 6.54 Å². The molecule has 0 unspecified atom stereocenters. The van der Waals surface area contributed by atoms with E-state index in [2.05, 4.69) is 17.3 Å². The van der Waals surface area contributed by atoms with Crippen LogP contribution in [0.2, 0.25) is 0 Å². The fourth-order valence-corrected chi connectivity index (χ4v) is 3.18. The Kier molecular flexibility index (Phi) is 5.84. The SMILES string of the molecule is CC[C@@H](CNC(=O)Cn1nc(C(N)=O)c2ccccc2c1=O)c1ccccc1. The molecule has 0 aliphatic rings. The highest BCUT2D eigenvalue weighted by atomic mass is 16.2. The van der Waals surface area contributed by atoms with Crippen LogP contribution in [0.25, 0.3) is 10.8 Å². The summed E-state index contributed by atoms with van der Waals surface area (Å²) in [5, 5.41) is 7.55. The predicted octanol–water partition coefficient (Wildman–Crippen LogP) is 1.81. The Labute approximate surface area is 162 Å². The Bertz CT molecular complexity index is 1060. The van der Waals surface area contributed by atoms with Gasteiger partial charge in [0.25, 0.3) is 11.5 Å². The number of fused-ring (bicyclic) bond motifs is 1. The molecule has 1 heterocycles. The molecule has 1 atom stereocenters. The average Bonchev–Trinajstić information content (AvgIpc) is 2.71. The normalized spacial score (nSPS) is 11.9. The fourth-order valence-electron chi connectivity index (χ4n) is 3.18. The lowest BCUT2D eigenvalue weighted by molar-refractivity contribution is -0.122. The van der Waals surface area contributed by atoms with E-state index in [1.807, 2.05) is 30.3 Å². The van der Waals surface area contributed by atoms with Gasteiger partial charge in [0.05, 0.1) is 5.39 Å². The molecule has 0 bridgehead atoms. The first-order valence-electron chi connectivity index (χ1n) is 9.12. The lowest BCUT2D eigenvalue weighted by Gasteiger charge is -2.16. The molecule has 0 aliphatic heterocycles. The van der Waals surface area contributed by atoms with Crippen molar-refractivity contribution in [3.63, 3.8) is 0 Å². The van der Waals surface area contributed by atoms with E-state index in [0.29, 0.717) is 17.3 Å². The van der Waals surface area contributed by atoms with Gasteiger partial charge in [-0.3, -0.25) is 14.4 Å². The number of aromatic nitrogens is 2. The monoisotopic (exact) mass is 378 g/mol. The highest BCUT2D eigenvalue weighted by Crippen LogP contribution is 2.18. The van der Waals surface area contributed by atoms with Crippen LogP contribution in [0, 0.1) is 0 Å². The number of carbonyl (C=O) groups excluding carboxylic acids is 2. The molecule has 2 amide bonds. The number of nitrogens with two attached hydrogens (primary N) is 1. The zero-order valence-corrected chi connectivity index (χ0v) is 15.6. The number of rotatable bonds is 7. The second-order valence-electron chi connectivity index (χ2n) is 6.54. The lowest BCUT2D eigenvalue weighted by atomic mass is 9.96. The van der Waals surface area contributed by atoms with Gasteiger partial charge in [-0.25, -0.2) is 4.68 Å². The third-order valence-corrected chi connectivity index (χ3v) is 4.70. The van der Waals surface area contributed by atoms with Gasteiger partial charge in [-0.05, 0) is 18.1 Å². The molecular weight excluding hydrogens is 356 g/mol. The molecule has 7 nitrogen and oxygen atoms in total. The van der Waals surface area contributed by atoms with Crippen LogP contribution in [0.3, 0.4) is 0 Å². The zero-order chi connectivity index (χ0) is 20.1. The van der Waals surface area contributed by atoms with Crippen molar-refractivity contribution in [3.8, 4) is 0 Å². The standard InChI is InChI=1S/C21H22N4O3/c1-2-14(15-8-4-3-5-9-15)12-23-18(26)13-25-21(28)17-11-7-6-10-16(17)19(24-25)20(22)27/h3-11,14H,2,12-13H2,1H3,(H2,22,27)(H,23,26)/t14-/m0/s1. The minimum Gasteiger partial charge on any atom is -0.364 e. The molecule has 0 aliphatic carbocycles. The van der Waals surface area contributed by atoms with E-state index in [0.717, 1.165) is 16.7 Å². The summed E-state index contributed by atoms with van der Waals surface area (Å²) in [5.41, 5.74) is 6.07. The van der Waals surface area contributed by atoms with Crippen LogP contribution < -0.4 is 16.6 Å². The van der Waals surface area contributed by atoms with Crippen LogP contribution in [-0.4, -0.2) is 28.1 Å². The highest BCUT2D eigenvalue weighted by molar-refractivity contribution is 6.04. The van der Waals surface area contributed by atoms with Gasteiger partial charge < -0.3 is 11.1 Å². The number of hydrogen-bond donors (Lipinski definition) is 2. The third-order valence-electron chi connectivity index (χ3n) is 4.70. The quantitative estimate of drug-likeness (QED) is 0.654. The number of benzene rings is 2. The smallest absolute Gasteiger partial charge is 0.275 e. The van der Waals surface area contributed by atoms with Crippen molar-refractivity contribution in [3.05, 3.63) is 76.2 Å². The maximum Gasteiger partial charge on any atom is 0.275 e. The first-order chi connectivity index (χ1) is 13.5. The lowest BCUT2D eigenvalue weighted by Crippen LogP contribution is -2.36. The van der Waals surface area contributed by atoms with E-state index >= 15 is 0 Å². The molecular formula is C21H22N4O3. The minimum absolute atomic E-state index is 0.0290. The van der Waals surface area contributed by atoms with Gasteiger partial charge in [0, 0.05) is 17.8 Å². The minimum atomic E-state index is -0.750. The van der Waals surface area contributed by atoms with Crippen molar-refractivity contribution >= 4 is 22.6 Å². The number of primary amides is 1. The van der Waals surface area contributed by atoms with Gasteiger partial charge in [-0.1, -0.05) is 55.5 Å². The maximum atomic E-state index is 12.6. The van der Waals surface area contributed by atoms with Crippen molar-refractivity contribution in [2.45, 2.75) is 25.8 Å². The Morgan fingerprint density at radius 3 is 2.36 bits per heavy atom. The average molecular weight is 378 g/mol. The largest absolute Gasteiger partial charge is 0.364 e. The molecule has 3 aromatic rings. The van der Waals surface area contributed by atoms with Crippen molar-refractivity contribution in [2.24, 2.45) is 5.73 Å². The Balaban J connectivity index is 1.79. The fraction of sp³-hybridized carbons (Fsp3) is 0.238. The van der Waals surface area contributed by atoms with E-state index in [1.165, 1.54) is 0 Å². The molecule has 0 saturated carbocycles. The summed E-state index contributed by atoms with van der Waals surface area (Å²) in [5.74, 6) is -0.928. The zero-order valence-electron chi connectivity index (χ0n) is 15.6. The Morgan fingerprint density at radius 2 is 1.71 bits per heavy atom. The van der Waals surface area contributed by atoms with Gasteiger partial charge in [0.2, 0.25) is 5.91 Å². The summed E-state index contributed by atoms with van der Waals surface area (Å²) in [6.45, 7) is 2.22. The number of amides is 2. The molecule has 7 heteroatoms. The molecule has 3 rings (SSSR count).